The number of esters is 1. The molecule has 0 heterocycles. The van der Waals surface area contributed by atoms with Gasteiger partial charge < -0.3 is 9.84 Å². The first kappa shape index (κ1) is 14.1. The van der Waals surface area contributed by atoms with Crippen LogP contribution in [0.2, 0.25) is 0 Å². The molecule has 5 atom stereocenters. The molecule has 0 unspecified atom stereocenters. The second kappa shape index (κ2) is 4.59. The van der Waals surface area contributed by atoms with E-state index in [-0.39, 0.29) is 18.0 Å². The lowest BCUT2D eigenvalue weighted by Gasteiger charge is -2.66. The van der Waals surface area contributed by atoms with Gasteiger partial charge in [0.05, 0.1) is 13.2 Å². The maximum Gasteiger partial charge on any atom is 0.302 e. The van der Waals surface area contributed by atoms with Crippen molar-refractivity contribution in [3.8, 4) is 0 Å². The number of hydrogen-bond acceptors (Lipinski definition) is 3. The lowest BCUT2D eigenvalue weighted by atomic mass is 9.38. The van der Waals surface area contributed by atoms with Crippen molar-refractivity contribution in [2.45, 2.75) is 46.5 Å². The van der Waals surface area contributed by atoms with Crippen molar-refractivity contribution < 1.29 is 14.6 Å². The average molecular weight is 278 g/mol. The van der Waals surface area contributed by atoms with Gasteiger partial charge in [-0.2, -0.15) is 0 Å². The van der Waals surface area contributed by atoms with E-state index in [2.05, 4.69) is 19.9 Å². The molecule has 3 aliphatic carbocycles. The van der Waals surface area contributed by atoms with Gasteiger partial charge in [0.2, 0.25) is 0 Å². The molecule has 3 nitrogen and oxygen atoms in total. The van der Waals surface area contributed by atoms with Crippen LogP contribution in [0.5, 0.6) is 0 Å². The SMILES string of the molecule is CC(=O)OC[C@]1(CO)CCC[C@@]2(C)[C@@H]3CC=C(C)[C@H]2[C@H]31. The smallest absolute Gasteiger partial charge is 0.302 e. The van der Waals surface area contributed by atoms with Crippen molar-refractivity contribution in [3.05, 3.63) is 11.6 Å². The first-order valence-electron chi connectivity index (χ1n) is 7.85. The highest BCUT2D eigenvalue weighted by molar-refractivity contribution is 5.65. The van der Waals surface area contributed by atoms with Gasteiger partial charge in [-0.3, -0.25) is 4.79 Å². The Kier molecular flexibility index (Phi) is 3.24. The summed E-state index contributed by atoms with van der Waals surface area (Å²) in [5.74, 6) is 1.48. The average Bonchev–Trinajstić information content (AvgIpc) is 2.62. The molecular weight excluding hydrogens is 252 g/mol. The van der Waals surface area contributed by atoms with E-state index in [0.717, 1.165) is 19.3 Å². The fourth-order valence-electron chi connectivity index (χ4n) is 5.58. The topological polar surface area (TPSA) is 46.5 Å². The lowest BCUT2D eigenvalue weighted by molar-refractivity contribution is -0.181. The van der Waals surface area contributed by atoms with E-state index < -0.39 is 0 Å². The van der Waals surface area contributed by atoms with Crippen molar-refractivity contribution in [1.29, 1.82) is 0 Å². The minimum atomic E-state index is -0.235. The Balaban J connectivity index is 1.93. The van der Waals surface area contributed by atoms with Gasteiger partial charge in [0.1, 0.15) is 0 Å². The number of allylic oxidation sites excluding steroid dienone is 2. The van der Waals surface area contributed by atoms with Crippen molar-refractivity contribution in [2.75, 3.05) is 13.2 Å². The van der Waals surface area contributed by atoms with Crippen molar-refractivity contribution >= 4 is 5.97 Å². The molecule has 3 rings (SSSR count). The summed E-state index contributed by atoms with van der Waals surface area (Å²) in [7, 11) is 0. The predicted molar refractivity (Wildman–Crippen MR) is 77.0 cm³/mol. The summed E-state index contributed by atoms with van der Waals surface area (Å²) < 4.78 is 5.34. The van der Waals surface area contributed by atoms with Crippen molar-refractivity contribution in [2.24, 2.45) is 28.6 Å². The summed E-state index contributed by atoms with van der Waals surface area (Å²) in [6.45, 7) is 6.65. The monoisotopic (exact) mass is 278 g/mol. The van der Waals surface area contributed by atoms with E-state index in [0.29, 0.717) is 29.8 Å². The minimum absolute atomic E-state index is 0.140. The Morgan fingerprint density at radius 3 is 2.85 bits per heavy atom. The number of ether oxygens (including phenoxy) is 1. The predicted octanol–water partition coefficient (Wildman–Crippen LogP) is 2.93. The normalized spacial score (nSPS) is 46.0. The second-order valence-electron chi connectivity index (χ2n) is 7.45. The highest BCUT2D eigenvalue weighted by Crippen LogP contribution is 2.72. The van der Waals surface area contributed by atoms with Gasteiger partial charge in [-0.1, -0.05) is 25.0 Å². The molecule has 20 heavy (non-hydrogen) atoms. The zero-order chi connectivity index (χ0) is 14.5. The standard InChI is InChI=1S/C17H26O3/c1-11-5-6-13-15-14(11)16(13,3)7-4-8-17(15,9-18)10-20-12(2)19/h5,13-15,18H,4,6-10H2,1-3H3/t13-,14+,15+,16+,17-/m1/s1. The molecule has 0 aliphatic heterocycles. The summed E-state index contributed by atoms with van der Waals surface area (Å²) in [4.78, 5) is 11.2. The zero-order valence-electron chi connectivity index (χ0n) is 12.8. The molecule has 2 fully saturated rings. The van der Waals surface area contributed by atoms with E-state index in [1.165, 1.54) is 18.9 Å². The molecule has 0 aromatic carbocycles. The zero-order valence-corrected chi connectivity index (χ0v) is 12.8. The molecular formula is C17H26O3. The lowest BCUT2D eigenvalue weighted by Crippen LogP contribution is -2.63. The van der Waals surface area contributed by atoms with Gasteiger partial charge in [-0.05, 0) is 49.4 Å². The number of carbonyl (C=O) groups is 1. The van der Waals surface area contributed by atoms with Crippen LogP contribution < -0.4 is 0 Å². The fraction of sp³-hybridized carbons (Fsp3) is 0.824. The maximum atomic E-state index is 11.2. The van der Waals surface area contributed by atoms with Crippen LogP contribution in [0.3, 0.4) is 0 Å². The number of rotatable bonds is 3. The second-order valence-corrected chi connectivity index (χ2v) is 7.45. The first-order chi connectivity index (χ1) is 9.44. The number of hydrogen-bond donors (Lipinski definition) is 1. The molecule has 4 bridgehead atoms. The van der Waals surface area contributed by atoms with Gasteiger partial charge in [0.15, 0.2) is 0 Å². The van der Waals surface area contributed by atoms with Gasteiger partial charge in [0.25, 0.3) is 0 Å². The Labute approximate surface area is 121 Å². The molecule has 0 aromatic rings. The third kappa shape index (κ3) is 1.71. The maximum absolute atomic E-state index is 11.2. The van der Waals surface area contributed by atoms with Crippen LogP contribution >= 0.6 is 0 Å². The number of aliphatic hydroxyl groups excluding tert-OH is 1. The van der Waals surface area contributed by atoms with Crippen LogP contribution in [0.25, 0.3) is 0 Å². The fourth-order valence-corrected chi connectivity index (χ4v) is 5.58. The molecule has 3 aliphatic rings. The summed E-state index contributed by atoms with van der Waals surface area (Å²) in [5, 5.41) is 10.1. The van der Waals surface area contributed by atoms with Crippen LogP contribution in [0.4, 0.5) is 0 Å². The summed E-state index contributed by atoms with van der Waals surface area (Å²) >= 11 is 0. The molecule has 3 heteroatoms. The number of carbonyl (C=O) groups excluding carboxylic acids is 1. The quantitative estimate of drug-likeness (QED) is 0.638. The molecule has 0 amide bonds. The van der Waals surface area contributed by atoms with Gasteiger partial charge in [0, 0.05) is 12.3 Å². The summed E-state index contributed by atoms with van der Waals surface area (Å²) in [6, 6.07) is 0. The van der Waals surface area contributed by atoms with Gasteiger partial charge in [-0.25, -0.2) is 0 Å². The van der Waals surface area contributed by atoms with E-state index >= 15 is 0 Å². The third-order valence-corrected chi connectivity index (χ3v) is 6.51. The highest BCUT2D eigenvalue weighted by atomic mass is 16.5. The van der Waals surface area contributed by atoms with E-state index in [1.807, 2.05) is 0 Å². The molecule has 2 saturated carbocycles. The third-order valence-electron chi connectivity index (χ3n) is 6.51. The Morgan fingerprint density at radius 1 is 1.50 bits per heavy atom. The van der Waals surface area contributed by atoms with Crippen LogP contribution in [-0.4, -0.2) is 24.3 Å². The van der Waals surface area contributed by atoms with Crippen LogP contribution in [-0.2, 0) is 9.53 Å². The molecule has 112 valence electrons. The van der Waals surface area contributed by atoms with Gasteiger partial charge in [-0.15, -0.1) is 0 Å². The number of fused-ring (bicyclic) bond motifs is 1. The molecule has 0 spiro atoms. The largest absolute Gasteiger partial charge is 0.465 e. The summed E-state index contributed by atoms with van der Waals surface area (Å²) in [6.07, 6.45) is 6.87. The first-order valence-corrected chi connectivity index (χ1v) is 7.85. The van der Waals surface area contributed by atoms with Crippen molar-refractivity contribution in [3.63, 3.8) is 0 Å². The molecule has 0 saturated heterocycles. The molecule has 1 N–H and O–H groups in total. The van der Waals surface area contributed by atoms with Crippen LogP contribution in [0.1, 0.15) is 46.5 Å². The Morgan fingerprint density at radius 2 is 2.25 bits per heavy atom. The van der Waals surface area contributed by atoms with E-state index in [4.69, 9.17) is 4.74 Å². The van der Waals surface area contributed by atoms with Crippen LogP contribution in [0.15, 0.2) is 11.6 Å². The Bertz CT molecular complexity index is 455. The Hall–Kier alpha value is -0.830. The van der Waals surface area contributed by atoms with Gasteiger partial charge >= 0.3 is 5.97 Å². The van der Waals surface area contributed by atoms with E-state index in [9.17, 15) is 9.90 Å². The minimum Gasteiger partial charge on any atom is -0.465 e. The van der Waals surface area contributed by atoms with Crippen molar-refractivity contribution in [1.82, 2.24) is 0 Å². The number of aliphatic hydroxyl groups is 1. The highest BCUT2D eigenvalue weighted by Gasteiger charge is 2.67. The van der Waals surface area contributed by atoms with E-state index in [1.54, 1.807) is 0 Å². The molecule has 0 radical (unpaired) electrons. The van der Waals surface area contributed by atoms with Crippen LogP contribution in [0, 0.1) is 28.6 Å². The molecule has 0 aromatic heterocycles. The summed E-state index contributed by atoms with van der Waals surface area (Å²) in [5.41, 5.74) is 1.69.